The number of nitrogens with one attached hydrogen (secondary N) is 1. The summed E-state index contributed by atoms with van der Waals surface area (Å²) in [5.74, 6) is 1.09. The van der Waals surface area contributed by atoms with Crippen molar-refractivity contribution >= 4 is 27.5 Å². The molecule has 0 fully saturated rings. The van der Waals surface area contributed by atoms with E-state index < -0.39 is 0 Å². The highest BCUT2D eigenvalue weighted by atomic mass is 79.9. The number of amides is 1. The fourth-order valence-corrected chi connectivity index (χ4v) is 2.64. The average molecular weight is 391 g/mol. The maximum atomic E-state index is 12.1. The molecule has 2 aromatic rings. The minimum atomic E-state index is -0.255. The van der Waals surface area contributed by atoms with Crippen molar-refractivity contribution in [2.24, 2.45) is 5.10 Å². The Balaban J connectivity index is 2.04. The lowest BCUT2D eigenvalue weighted by Crippen LogP contribution is -2.20. The van der Waals surface area contributed by atoms with Crippen molar-refractivity contribution in [2.45, 2.75) is 13.3 Å². The third-order valence-corrected chi connectivity index (χ3v) is 4.07. The molecule has 0 unspecified atom stereocenters. The molecule has 1 amide bonds. The first kappa shape index (κ1) is 18.0. The minimum absolute atomic E-state index is 0.255. The van der Waals surface area contributed by atoms with Crippen molar-refractivity contribution in [2.75, 3.05) is 14.2 Å². The van der Waals surface area contributed by atoms with Gasteiger partial charge in [-0.1, -0.05) is 18.2 Å². The van der Waals surface area contributed by atoms with Gasteiger partial charge in [0.1, 0.15) is 0 Å². The van der Waals surface area contributed by atoms with E-state index in [-0.39, 0.29) is 5.91 Å². The molecule has 2 rings (SSSR count). The number of hydrazone groups is 1. The summed E-state index contributed by atoms with van der Waals surface area (Å²) in [6.07, 6.45) is 0.594. The summed E-state index contributed by atoms with van der Waals surface area (Å²) >= 11 is 3.35. The van der Waals surface area contributed by atoms with Gasteiger partial charge in [0.2, 0.25) is 0 Å². The summed E-state index contributed by atoms with van der Waals surface area (Å²) in [4.78, 5) is 12.1. The molecule has 6 heteroatoms. The van der Waals surface area contributed by atoms with Crippen LogP contribution in [0, 0.1) is 0 Å². The van der Waals surface area contributed by atoms with Crippen LogP contribution in [0.4, 0.5) is 0 Å². The fraction of sp³-hybridized carbons (Fsp3) is 0.222. The SMILES string of the molecule is COc1ccc(C/C(C)=N\NC(=O)c2ccccc2Br)cc1OC. The Morgan fingerprint density at radius 2 is 1.83 bits per heavy atom. The molecule has 5 nitrogen and oxygen atoms in total. The number of halogens is 1. The van der Waals surface area contributed by atoms with E-state index in [4.69, 9.17) is 9.47 Å². The second-order valence-corrected chi connectivity index (χ2v) is 5.99. The van der Waals surface area contributed by atoms with Crippen molar-refractivity contribution in [1.29, 1.82) is 0 Å². The smallest absolute Gasteiger partial charge is 0.272 e. The van der Waals surface area contributed by atoms with Crippen molar-refractivity contribution in [3.05, 3.63) is 58.1 Å². The highest BCUT2D eigenvalue weighted by Gasteiger charge is 2.09. The second-order valence-electron chi connectivity index (χ2n) is 5.13. The zero-order chi connectivity index (χ0) is 17.5. The third-order valence-electron chi connectivity index (χ3n) is 3.37. The van der Waals surface area contributed by atoms with Crippen LogP contribution in [-0.2, 0) is 6.42 Å². The molecule has 0 atom stereocenters. The fourth-order valence-electron chi connectivity index (χ4n) is 2.18. The number of ether oxygens (including phenoxy) is 2. The Bertz CT molecular complexity index is 760. The summed E-state index contributed by atoms with van der Waals surface area (Å²) in [7, 11) is 3.20. The first-order valence-electron chi connectivity index (χ1n) is 7.34. The molecule has 0 aliphatic carbocycles. The van der Waals surface area contributed by atoms with E-state index in [0.717, 1.165) is 15.7 Å². The molecule has 0 bridgehead atoms. The summed E-state index contributed by atoms with van der Waals surface area (Å²) in [5.41, 5.74) is 4.91. The Hall–Kier alpha value is -2.34. The lowest BCUT2D eigenvalue weighted by molar-refractivity contribution is 0.0954. The molecule has 0 aliphatic heterocycles. The topological polar surface area (TPSA) is 59.9 Å². The van der Waals surface area contributed by atoms with Crippen molar-refractivity contribution < 1.29 is 14.3 Å². The molecule has 0 aromatic heterocycles. The normalized spacial score (nSPS) is 11.1. The third kappa shape index (κ3) is 4.58. The van der Waals surface area contributed by atoms with Gasteiger partial charge in [-0.05, 0) is 52.7 Å². The van der Waals surface area contributed by atoms with Gasteiger partial charge in [-0.3, -0.25) is 4.79 Å². The summed E-state index contributed by atoms with van der Waals surface area (Å²) in [6, 6.07) is 12.9. The molecule has 24 heavy (non-hydrogen) atoms. The summed E-state index contributed by atoms with van der Waals surface area (Å²) < 4.78 is 11.2. The number of carbonyl (C=O) groups is 1. The van der Waals surface area contributed by atoms with Gasteiger partial charge < -0.3 is 9.47 Å². The van der Waals surface area contributed by atoms with E-state index in [2.05, 4.69) is 26.5 Å². The van der Waals surface area contributed by atoms with E-state index in [1.165, 1.54) is 0 Å². The summed E-state index contributed by atoms with van der Waals surface area (Å²) in [6.45, 7) is 1.86. The minimum Gasteiger partial charge on any atom is -0.493 e. The van der Waals surface area contributed by atoms with Crippen molar-refractivity contribution in [3.8, 4) is 11.5 Å². The molecular formula is C18H19BrN2O3. The molecule has 0 saturated heterocycles. The number of nitrogens with zero attached hydrogens (tertiary/aromatic N) is 1. The number of carbonyl (C=O) groups excluding carboxylic acids is 1. The van der Waals surface area contributed by atoms with Gasteiger partial charge in [-0.15, -0.1) is 0 Å². The number of hydrogen-bond acceptors (Lipinski definition) is 4. The highest BCUT2D eigenvalue weighted by Crippen LogP contribution is 2.27. The van der Waals surface area contributed by atoms with Gasteiger partial charge in [0.05, 0.1) is 19.8 Å². The van der Waals surface area contributed by atoms with Gasteiger partial charge in [-0.25, -0.2) is 5.43 Å². The molecular weight excluding hydrogens is 372 g/mol. The first-order valence-corrected chi connectivity index (χ1v) is 8.13. The van der Waals surface area contributed by atoms with Gasteiger partial charge in [0.15, 0.2) is 11.5 Å². The van der Waals surface area contributed by atoms with Crippen LogP contribution in [0.1, 0.15) is 22.8 Å². The van der Waals surface area contributed by atoms with Crippen LogP contribution in [0.3, 0.4) is 0 Å². The molecule has 126 valence electrons. The van der Waals surface area contributed by atoms with Crippen LogP contribution in [0.5, 0.6) is 11.5 Å². The van der Waals surface area contributed by atoms with E-state index in [1.54, 1.807) is 26.4 Å². The van der Waals surface area contributed by atoms with Gasteiger partial charge in [0.25, 0.3) is 5.91 Å². The number of rotatable bonds is 6. The predicted molar refractivity (Wildman–Crippen MR) is 98.0 cm³/mol. The van der Waals surface area contributed by atoms with Gasteiger partial charge in [0, 0.05) is 16.6 Å². The maximum Gasteiger partial charge on any atom is 0.272 e. The van der Waals surface area contributed by atoms with E-state index in [1.807, 2.05) is 37.3 Å². The standard InChI is InChI=1S/C18H19BrN2O3/c1-12(10-13-8-9-16(23-2)17(11-13)24-3)20-21-18(22)14-6-4-5-7-15(14)19/h4-9,11H,10H2,1-3H3,(H,21,22)/b20-12-. The van der Waals surface area contributed by atoms with Crippen LogP contribution < -0.4 is 14.9 Å². The van der Waals surface area contributed by atoms with Crippen molar-refractivity contribution in [3.63, 3.8) is 0 Å². The number of methoxy groups -OCH3 is 2. The summed E-state index contributed by atoms with van der Waals surface area (Å²) in [5, 5.41) is 4.16. The molecule has 0 spiro atoms. The Morgan fingerprint density at radius 1 is 1.12 bits per heavy atom. The first-order chi connectivity index (χ1) is 11.5. The molecule has 0 aliphatic rings. The van der Waals surface area contributed by atoms with E-state index in [9.17, 15) is 4.79 Å². The molecule has 0 heterocycles. The van der Waals surface area contributed by atoms with E-state index in [0.29, 0.717) is 23.5 Å². The highest BCUT2D eigenvalue weighted by molar-refractivity contribution is 9.10. The molecule has 1 N–H and O–H groups in total. The number of benzene rings is 2. The van der Waals surface area contributed by atoms with Crippen molar-refractivity contribution in [1.82, 2.24) is 5.43 Å². The Labute approximate surface area is 149 Å². The molecule has 0 saturated carbocycles. The van der Waals surface area contributed by atoms with Crippen LogP contribution in [0.25, 0.3) is 0 Å². The largest absolute Gasteiger partial charge is 0.493 e. The quantitative estimate of drug-likeness (QED) is 0.602. The van der Waals surface area contributed by atoms with Crippen LogP contribution in [-0.4, -0.2) is 25.8 Å². The van der Waals surface area contributed by atoms with Crippen LogP contribution >= 0.6 is 15.9 Å². The van der Waals surface area contributed by atoms with Crippen LogP contribution in [0.15, 0.2) is 52.0 Å². The van der Waals surface area contributed by atoms with Gasteiger partial charge >= 0.3 is 0 Å². The Kier molecular flexibility index (Phi) is 6.37. The lowest BCUT2D eigenvalue weighted by Gasteiger charge is -2.09. The molecule has 0 radical (unpaired) electrons. The zero-order valence-corrected chi connectivity index (χ0v) is 15.4. The monoisotopic (exact) mass is 390 g/mol. The lowest BCUT2D eigenvalue weighted by atomic mass is 10.1. The van der Waals surface area contributed by atoms with E-state index >= 15 is 0 Å². The maximum absolute atomic E-state index is 12.1. The number of hydrogen-bond donors (Lipinski definition) is 1. The van der Waals surface area contributed by atoms with Crippen LogP contribution in [0.2, 0.25) is 0 Å². The van der Waals surface area contributed by atoms with Gasteiger partial charge in [-0.2, -0.15) is 5.10 Å². The zero-order valence-electron chi connectivity index (χ0n) is 13.8. The second kappa shape index (κ2) is 8.49. The average Bonchev–Trinajstić information content (AvgIpc) is 2.60. The molecule has 2 aromatic carbocycles. The predicted octanol–water partition coefficient (Wildman–Crippen LogP) is 3.81. The Morgan fingerprint density at radius 3 is 2.50 bits per heavy atom.